The Hall–Kier alpha value is -2.35. The van der Waals surface area contributed by atoms with Gasteiger partial charge in [-0.15, -0.1) is 0 Å². The molecule has 2 saturated carbocycles. The first-order valence-corrected chi connectivity index (χ1v) is 13.8. The van der Waals surface area contributed by atoms with E-state index >= 15 is 0 Å². The van der Waals surface area contributed by atoms with Crippen LogP contribution in [0.3, 0.4) is 0 Å². The van der Waals surface area contributed by atoms with Gasteiger partial charge in [0.25, 0.3) is 0 Å². The molecule has 1 N–H and O–H groups in total. The summed E-state index contributed by atoms with van der Waals surface area (Å²) < 4.78 is 14.2. The lowest BCUT2D eigenvalue weighted by molar-refractivity contribution is -0.0934. The van der Waals surface area contributed by atoms with Gasteiger partial charge in [0.15, 0.2) is 0 Å². The summed E-state index contributed by atoms with van der Waals surface area (Å²) >= 11 is 13.0. The molecule has 2 aromatic heterocycles. The van der Waals surface area contributed by atoms with Crippen LogP contribution in [0, 0.1) is 5.41 Å². The number of benzene rings is 1. The average Bonchev–Trinajstić information content (AvgIpc) is 3.45. The van der Waals surface area contributed by atoms with E-state index in [0.29, 0.717) is 33.8 Å². The number of hydrogen-bond acceptors (Lipinski definition) is 5. The third-order valence-corrected chi connectivity index (χ3v) is 8.69. The van der Waals surface area contributed by atoms with Crippen LogP contribution in [0.15, 0.2) is 35.1 Å². The lowest BCUT2D eigenvalue weighted by atomic mass is 9.67. The first kappa shape index (κ1) is 26.3. The van der Waals surface area contributed by atoms with Gasteiger partial charge in [0.05, 0.1) is 34.0 Å². The lowest BCUT2D eigenvalue weighted by Crippen LogP contribution is -2.41. The van der Waals surface area contributed by atoms with E-state index in [1.54, 1.807) is 10.9 Å². The fraction of sp³-hybridized carbons (Fsp3) is 0.536. The Kier molecular flexibility index (Phi) is 7.40. The third-order valence-electron chi connectivity index (χ3n) is 8.06. The zero-order valence-electron chi connectivity index (χ0n) is 21.3. The fourth-order valence-electron chi connectivity index (χ4n) is 5.67. The maximum Gasteiger partial charge on any atom is 0.338 e. The molecule has 0 radical (unpaired) electrons. The molecule has 0 unspecified atom stereocenters. The molecule has 0 spiro atoms. The van der Waals surface area contributed by atoms with E-state index < -0.39 is 5.97 Å². The summed E-state index contributed by atoms with van der Waals surface area (Å²) in [5.41, 5.74) is 2.33. The second-order valence-corrected chi connectivity index (χ2v) is 11.8. The van der Waals surface area contributed by atoms with E-state index in [4.69, 9.17) is 32.5 Å². The second kappa shape index (κ2) is 10.4. The highest BCUT2D eigenvalue weighted by Crippen LogP contribution is 2.49. The summed E-state index contributed by atoms with van der Waals surface area (Å²) in [6.45, 7) is 5.50. The van der Waals surface area contributed by atoms with Crippen molar-refractivity contribution in [3.8, 4) is 11.3 Å². The number of rotatable bonds is 10. The zero-order valence-corrected chi connectivity index (χ0v) is 22.8. The van der Waals surface area contributed by atoms with Gasteiger partial charge >= 0.3 is 5.97 Å². The molecule has 2 aliphatic rings. The topological polar surface area (TPSA) is 90.4 Å². The van der Waals surface area contributed by atoms with Crippen molar-refractivity contribution >= 4 is 29.2 Å². The monoisotopic (exact) mass is 545 g/mol. The van der Waals surface area contributed by atoms with E-state index in [0.717, 1.165) is 69.2 Å². The Morgan fingerprint density at radius 1 is 1.22 bits per heavy atom. The molecule has 37 heavy (non-hydrogen) atoms. The van der Waals surface area contributed by atoms with Crippen molar-refractivity contribution in [3.05, 3.63) is 57.5 Å². The van der Waals surface area contributed by atoms with Crippen LogP contribution in [0.1, 0.15) is 92.8 Å². The molecule has 198 valence electrons. The molecule has 2 aliphatic carbocycles. The number of ether oxygens (including phenoxy) is 1. The summed E-state index contributed by atoms with van der Waals surface area (Å²) in [5.74, 6) is 0.318. The van der Waals surface area contributed by atoms with Crippen LogP contribution in [0.2, 0.25) is 10.0 Å². The normalized spacial score (nSPS) is 23.9. The van der Waals surface area contributed by atoms with Gasteiger partial charge in [0.1, 0.15) is 11.5 Å². The Bertz CT molecular complexity index is 1250. The molecular weight excluding hydrogens is 513 g/mol. The minimum Gasteiger partial charge on any atom is -0.478 e. The van der Waals surface area contributed by atoms with Crippen molar-refractivity contribution in [1.82, 2.24) is 14.9 Å². The molecule has 0 bridgehead atoms. The Morgan fingerprint density at radius 2 is 1.92 bits per heavy atom. The largest absolute Gasteiger partial charge is 0.478 e. The smallest absolute Gasteiger partial charge is 0.338 e. The van der Waals surface area contributed by atoms with Gasteiger partial charge in [0, 0.05) is 29.8 Å². The third kappa shape index (κ3) is 5.59. The molecular formula is C28H33Cl2N3O4. The van der Waals surface area contributed by atoms with Gasteiger partial charge < -0.3 is 14.4 Å². The van der Waals surface area contributed by atoms with Crippen LogP contribution in [-0.4, -0.2) is 31.6 Å². The molecule has 1 aromatic carbocycles. The first-order valence-electron chi connectivity index (χ1n) is 13.0. The molecule has 7 nitrogen and oxygen atoms in total. The standard InChI is InChI=1S/C28H33Cl2N3O4/c1-3-9-28(17-33-15-19(14-31-33)26(34)35)12-10-27(2,11-13-28)36-16-20-24(32-37-25(20)18-7-8-18)23-21(29)5-4-6-22(23)30/h4-6,14-15,18H,3,7-13,16-17H2,1-2H3,(H,34,35). The van der Waals surface area contributed by atoms with Gasteiger partial charge in [-0.1, -0.05) is 47.8 Å². The van der Waals surface area contributed by atoms with Crippen molar-refractivity contribution in [2.75, 3.05) is 0 Å². The molecule has 2 fully saturated rings. The summed E-state index contributed by atoms with van der Waals surface area (Å²) in [6, 6.07) is 5.45. The molecule has 9 heteroatoms. The van der Waals surface area contributed by atoms with Crippen LogP contribution in [-0.2, 0) is 17.9 Å². The molecule has 0 saturated heterocycles. The summed E-state index contributed by atoms with van der Waals surface area (Å²) in [6.07, 6.45) is 11.2. The van der Waals surface area contributed by atoms with E-state index in [9.17, 15) is 9.90 Å². The number of halogens is 2. The SMILES string of the molecule is CCCC1(Cn2cc(C(=O)O)cn2)CCC(C)(OCc2c(-c3c(Cl)cccc3Cl)noc2C2CC2)CC1. The van der Waals surface area contributed by atoms with Gasteiger partial charge in [0.2, 0.25) is 0 Å². The molecule has 5 rings (SSSR count). The van der Waals surface area contributed by atoms with E-state index in [1.807, 2.05) is 18.2 Å². The summed E-state index contributed by atoms with van der Waals surface area (Å²) in [7, 11) is 0. The molecule has 3 aromatic rings. The number of aromatic nitrogens is 3. The molecule has 0 atom stereocenters. The minimum atomic E-state index is -0.947. The fourth-order valence-corrected chi connectivity index (χ4v) is 6.25. The van der Waals surface area contributed by atoms with E-state index in [-0.39, 0.29) is 16.6 Å². The van der Waals surface area contributed by atoms with Crippen LogP contribution in [0.5, 0.6) is 0 Å². The van der Waals surface area contributed by atoms with Gasteiger partial charge in [-0.05, 0) is 69.4 Å². The number of carboxylic acid groups (broad SMARTS) is 1. The summed E-state index contributed by atoms with van der Waals surface area (Å²) in [4.78, 5) is 11.3. The highest BCUT2D eigenvalue weighted by molar-refractivity contribution is 6.39. The van der Waals surface area contributed by atoms with Crippen LogP contribution in [0.4, 0.5) is 0 Å². The maximum absolute atomic E-state index is 11.3. The average molecular weight is 546 g/mol. The Morgan fingerprint density at radius 3 is 2.51 bits per heavy atom. The highest BCUT2D eigenvalue weighted by atomic mass is 35.5. The van der Waals surface area contributed by atoms with Crippen molar-refractivity contribution in [3.63, 3.8) is 0 Å². The van der Waals surface area contributed by atoms with E-state index in [1.165, 1.54) is 6.20 Å². The molecule has 2 heterocycles. The number of carboxylic acids is 1. The number of carbonyl (C=O) groups is 1. The molecule has 0 aliphatic heterocycles. The van der Waals surface area contributed by atoms with Crippen LogP contribution < -0.4 is 0 Å². The van der Waals surface area contributed by atoms with Gasteiger partial charge in [-0.25, -0.2) is 4.79 Å². The lowest BCUT2D eigenvalue weighted by Gasteiger charge is -2.45. The number of aromatic carboxylic acids is 1. The second-order valence-electron chi connectivity index (χ2n) is 11.0. The number of nitrogens with zero attached hydrogens (tertiary/aromatic N) is 3. The number of hydrogen-bond donors (Lipinski definition) is 1. The van der Waals surface area contributed by atoms with Crippen molar-refractivity contribution in [1.29, 1.82) is 0 Å². The minimum absolute atomic E-state index is 0.0754. The molecule has 0 amide bonds. The van der Waals surface area contributed by atoms with Crippen molar-refractivity contribution in [2.24, 2.45) is 5.41 Å². The highest BCUT2D eigenvalue weighted by Gasteiger charge is 2.42. The van der Waals surface area contributed by atoms with Crippen LogP contribution >= 0.6 is 23.2 Å². The van der Waals surface area contributed by atoms with Crippen LogP contribution in [0.25, 0.3) is 11.3 Å². The Labute approximate surface area is 227 Å². The van der Waals surface area contributed by atoms with E-state index in [2.05, 4.69) is 24.1 Å². The summed E-state index contributed by atoms with van der Waals surface area (Å²) in [5, 5.41) is 19.1. The quantitative estimate of drug-likeness (QED) is 0.280. The predicted molar refractivity (Wildman–Crippen MR) is 142 cm³/mol. The van der Waals surface area contributed by atoms with Crippen molar-refractivity contribution < 1.29 is 19.2 Å². The Balaban J connectivity index is 1.31. The first-order chi connectivity index (χ1) is 17.7. The zero-order chi connectivity index (χ0) is 26.2. The maximum atomic E-state index is 11.3. The van der Waals surface area contributed by atoms with Gasteiger partial charge in [-0.2, -0.15) is 5.10 Å². The predicted octanol–water partition coefficient (Wildman–Crippen LogP) is 7.76. The van der Waals surface area contributed by atoms with Gasteiger partial charge in [-0.3, -0.25) is 4.68 Å². The van der Waals surface area contributed by atoms with Crippen molar-refractivity contribution in [2.45, 2.75) is 89.9 Å².